The van der Waals surface area contributed by atoms with E-state index in [0.717, 1.165) is 24.1 Å². The van der Waals surface area contributed by atoms with Crippen molar-refractivity contribution in [1.82, 2.24) is 5.32 Å². The third-order valence-electron chi connectivity index (χ3n) is 3.64. The van der Waals surface area contributed by atoms with E-state index in [9.17, 15) is 9.59 Å². The Bertz CT molecular complexity index is 745. The van der Waals surface area contributed by atoms with Crippen LogP contribution in [0.4, 0.5) is 11.4 Å². The van der Waals surface area contributed by atoms with Crippen molar-refractivity contribution in [2.24, 2.45) is 0 Å². The molecular weight excluding hydrogens is 346 g/mol. The van der Waals surface area contributed by atoms with E-state index in [1.165, 1.54) is 0 Å². The molecule has 6 heteroatoms. The summed E-state index contributed by atoms with van der Waals surface area (Å²) in [7, 11) is 0. The molecule has 3 N–H and O–H groups in total. The van der Waals surface area contributed by atoms with Crippen LogP contribution >= 0.6 is 12.2 Å². The molecule has 136 valence electrons. The summed E-state index contributed by atoms with van der Waals surface area (Å²) in [5.74, 6) is -0.162. The molecule has 0 fully saturated rings. The Morgan fingerprint density at radius 2 is 1.50 bits per heavy atom. The van der Waals surface area contributed by atoms with Gasteiger partial charge in [-0.3, -0.25) is 9.59 Å². The summed E-state index contributed by atoms with van der Waals surface area (Å²) in [5.41, 5.74) is 2.41. The Labute approximate surface area is 159 Å². The number of anilines is 2. The summed E-state index contributed by atoms with van der Waals surface area (Å²) in [6.45, 7) is 2.03. The van der Waals surface area contributed by atoms with Gasteiger partial charge in [0.25, 0.3) is 0 Å². The van der Waals surface area contributed by atoms with Gasteiger partial charge in [0, 0.05) is 17.8 Å². The van der Waals surface area contributed by atoms with Crippen LogP contribution < -0.4 is 16.0 Å². The quantitative estimate of drug-likeness (QED) is 0.648. The van der Waals surface area contributed by atoms with Gasteiger partial charge in [-0.1, -0.05) is 43.7 Å². The molecule has 0 spiro atoms. The summed E-state index contributed by atoms with van der Waals surface area (Å²) in [4.78, 5) is 23.7. The van der Waals surface area contributed by atoms with Crippen molar-refractivity contribution in [3.63, 3.8) is 0 Å². The largest absolute Gasteiger partial charge is 0.332 e. The van der Waals surface area contributed by atoms with Crippen molar-refractivity contribution < 1.29 is 9.59 Å². The lowest BCUT2D eigenvalue weighted by Crippen LogP contribution is -2.33. The molecule has 0 heterocycles. The van der Waals surface area contributed by atoms with Crippen molar-refractivity contribution in [1.29, 1.82) is 0 Å². The molecular formula is C20H23N3O2S. The van der Waals surface area contributed by atoms with E-state index in [-0.39, 0.29) is 16.9 Å². The van der Waals surface area contributed by atoms with Crippen LogP contribution in [0, 0.1) is 0 Å². The first-order chi connectivity index (χ1) is 12.6. The summed E-state index contributed by atoms with van der Waals surface area (Å²) in [5, 5.41) is 8.73. The van der Waals surface area contributed by atoms with Crippen molar-refractivity contribution in [3.05, 3.63) is 60.2 Å². The molecule has 2 aromatic rings. The highest BCUT2D eigenvalue weighted by Crippen LogP contribution is 2.14. The lowest BCUT2D eigenvalue weighted by Gasteiger charge is -2.10. The number of hydrogen-bond acceptors (Lipinski definition) is 3. The highest BCUT2D eigenvalue weighted by Gasteiger charge is 2.06. The van der Waals surface area contributed by atoms with E-state index < -0.39 is 0 Å². The number of carbonyl (C=O) groups is 2. The van der Waals surface area contributed by atoms with Crippen LogP contribution in [0.2, 0.25) is 0 Å². The van der Waals surface area contributed by atoms with Crippen LogP contribution in [-0.4, -0.2) is 16.9 Å². The maximum atomic E-state index is 12.1. The molecule has 0 radical (unpaired) electrons. The minimum Gasteiger partial charge on any atom is -0.332 e. The number of rotatable bonds is 7. The van der Waals surface area contributed by atoms with E-state index in [4.69, 9.17) is 12.2 Å². The Balaban J connectivity index is 1.81. The third-order valence-corrected chi connectivity index (χ3v) is 3.85. The fraction of sp³-hybridized carbons (Fsp3) is 0.250. The Morgan fingerprint density at radius 1 is 0.885 bits per heavy atom. The first-order valence-electron chi connectivity index (χ1n) is 8.61. The van der Waals surface area contributed by atoms with Crippen LogP contribution in [0.15, 0.2) is 54.6 Å². The maximum absolute atomic E-state index is 12.1. The predicted molar refractivity (Wildman–Crippen MR) is 109 cm³/mol. The second-order valence-corrected chi connectivity index (χ2v) is 6.30. The number of unbranched alkanes of at least 4 members (excludes halogenated alkanes) is 1. The predicted octanol–water partition coefficient (Wildman–Crippen LogP) is 3.87. The Kier molecular flexibility index (Phi) is 7.76. The molecule has 5 nitrogen and oxygen atoms in total. The number of amides is 2. The molecule has 26 heavy (non-hydrogen) atoms. The molecule has 0 saturated carbocycles. The molecule has 2 rings (SSSR count). The number of carbonyl (C=O) groups excluding carboxylic acids is 2. The number of thiocarbonyl (C=S) groups is 1. The maximum Gasteiger partial charge on any atom is 0.228 e. The van der Waals surface area contributed by atoms with Gasteiger partial charge in [0.2, 0.25) is 11.8 Å². The summed E-state index contributed by atoms with van der Waals surface area (Å²) in [6, 6.07) is 16.7. The normalized spacial score (nSPS) is 10.0. The molecule has 0 aliphatic carbocycles. The van der Waals surface area contributed by atoms with Crippen LogP contribution in [0.25, 0.3) is 0 Å². The molecule has 0 bridgehead atoms. The molecule has 0 unspecified atom stereocenters. The highest BCUT2D eigenvalue weighted by molar-refractivity contribution is 7.80. The number of hydrogen-bond donors (Lipinski definition) is 3. The molecule has 0 atom stereocenters. The summed E-state index contributed by atoms with van der Waals surface area (Å²) < 4.78 is 0. The topological polar surface area (TPSA) is 70.2 Å². The lowest BCUT2D eigenvalue weighted by molar-refractivity contribution is -0.119. The van der Waals surface area contributed by atoms with Crippen molar-refractivity contribution in [3.8, 4) is 0 Å². The fourth-order valence-corrected chi connectivity index (χ4v) is 2.54. The standard InChI is InChI=1S/C20H23N3O2S/c1-2-3-9-18(24)23-20(26)22-17-12-10-16(11-13-17)21-19(25)14-15-7-5-4-6-8-15/h4-8,10-13H,2-3,9,14H2,1H3,(H,21,25)(H2,22,23,24,26). The first kappa shape index (κ1) is 19.6. The average Bonchev–Trinajstić information content (AvgIpc) is 2.62. The van der Waals surface area contributed by atoms with Crippen molar-refractivity contribution in [2.75, 3.05) is 10.6 Å². The SMILES string of the molecule is CCCCC(=O)NC(=S)Nc1ccc(NC(=O)Cc2ccccc2)cc1. The Morgan fingerprint density at radius 3 is 2.12 bits per heavy atom. The molecule has 0 aliphatic heterocycles. The average molecular weight is 369 g/mol. The third kappa shape index (κ3) is 7.03. The molecule has 0 aliphatic rings. The van der Waals surface area contributed by atoms with Crippen LogP contribution in [0.5, 0.6) is 0 Å². The van der Waals surface area contributed by atoms with Gasteiger partial charge in [0.05, 0.1) is 6.42 Å². The molecule has 0 aromatic heterocycles. The zero-order valence-electron chi connectivity index (χ0n) is 14.7. The fourth-order valence-electron chi connectivity index (χ4n) is 2.31. The van der Waals surface area contributed by atoms with Gasteiger partial charge in [-0.25, -0.2) is 0 Å². The van der Waals surface area contributed by atoms with Gasteiger partial charge in [0.1, 0.15) is 0 Å². The number of nitrogens with one attached hydrogen (secondary N) is 3. The van der Waals surface area contributed by atoms with Gasteiger partial charge in [0.15, 0.2) is 5.11 Å². The minimum absolute atomic E-state index is 0.0735. The summed E-state index contributed by atoms with van der Waals surface area (Å²) >= 11 is 5.13. The van der Waals surface area contributed by atoms with E-state index in [1.54, 1.807) is 24.3 Å². The Hall–Kier alpha value is -2.73. The molecule has 2 amide bonds. The van der Waals surface area contributed by atoms with E-state index in [1.807, 2.05) is 37.3 Å². The number of benzene rings is 2. The van der Waals surface area contributed by atoms with Crippen molar-refractivity contribution >= 4 is 40.5 Å². The van der Waals surface area contributed by atoms with E-state index in [2.05, 4.69) is 16.0 Å². The van der Waals surface area contributed by atoms with Gasteiger partial charge < -0.3 is 16.0 Å². The first-order valence-corrected chi connectivity index (χ1v) is 9.02. The highest BCUT2D eigenvalue weighted by atomic mass is 32.1. The zero-order valence-corrected chi connectivity index (χ0v) is 15.6. The van der Waals surface area contributed by atoms with E-state index >= 15 is 0 Å². The lowest BCUT2D eigenvalue weighted by atomic mass is 10.1. The van der Waals surface area contributed by atoms with Crippen LogP contribution in [0.3, 0.4) is 0 Å². The van der Waals surface area contributed by atoms with Gasteiger partial charge in [-0.05, 0) is 48.5 Å². The summed E-state index contributed by atoms with van der Waals surface area (Å²) in [6.07, 6.45) is 2.59. The van der Waals surface area contributed by atoms with Gasteiger partial charge >= 0.3 is 0 Å². The van der Waals surface area contributed by atoms with Crippen LogP contribution in [0.1, 0.15) is 31.7 Å². The zero-order chi connectivity index (χ0) is 18.8. The van der Waals surface area contributed by atoms with Crippen molar-refractivity contribution in [2.45, 2.75) is 32.6 Å². The molecule has 0 saturated heterocycles. The van der Waals surface area contributed by atoms with Gasteiger partial charge in [-0.15, -0.1) is 0 Å². The van der Waals surface area contributed by atoms with Gasteiger partial charge in [-0.2, -0.15) is 0 Å². The smallest absolute Gasteiger partial charge is 0.228 e. The van der Waals surface area contributed by atoms with Crippen LogP contribution in [-0.2, 0) is 16.0 Å². The minimum atomic E-state index is -0.0888. The second-order valence-electron chi connectivity index (χ2n) is 5.89. The molecule has 2 aromatic carbocycles. The second kappa shape index (κ2) is 10.3. The van der Waals surface area contributed by atoms with E-state index in [0.29, 0.717) is 18.5 Å². The monoisotopic (exact) mass is 369 g/mol.